The fourth-order valence-electron chi connectivity index (χ4n) is 3.51. The van der Waals surface area contributed by atoms with Gasteiger partial charge in [-0.3, -0.25) is 9.36 Å². The maximum Gasteiger partial charge on any atom is 0.261 e. The van der Waals surface area contributed by atoms with E-state index in [0.717, 1.165) is 12.1 Å². The van der Waals surface area contributed by atoms with Crippen LogP contribution < -0.4 is 5.56 Å². The molecule has 6 nitrogen and oxygen atoms in total. The molecule has 0 unspecified atom stereocenters. The van der Waals surface area contributed by atoms with Gasteiger partial charge in [-0.05, 0) is 49.2 Å². The number of hydrogen-bond donors (Lipinski definition) is 0. The number of para-hydroxylation sites is 1. The van der Waals surface area contributed by atoms with Crippen LogP contribution in [0, 0.1) is 5.82 Å². The summed E-state index contributed by atoms with van der Waals surface area (Å²) >= 11 is 6.10. The fraction of sp³-hybridized carbons (Fsp3) is 0.263. The molecule has 9 heteroatoms. The maximum absolute atomic E-state index is 13.1. The Bertz CT molecular complexity index is 1190. The van der Waals surface area contributed by atoms with Gasteiger partial charge in [0.15, 0.2) is 0 Å². The van der Waals surface area contributed by atoms with Gasteiger partial charge in [0.2, 0.25) is 10.0 Å². The summed E-state index contributed by atoms with van der Waals surface area (Å²) in [7, 11) is -3.69. The van der Waals surface area contributed by atoms with Gasteiger partial charge in [-0.1, -0.05) is 17.7 Å². The molecule has 1 aliphatic rings. The second-order valence-corrected chi connectivity index (χ2v) is 9.03. The van der Waals surface area contributed by atoms with Crippen LogP contribution >= 0.6 is 11.6 Å². The first kappa shape index (κ1) is 19.0. The van der Waals surface area contributed by atoms with E-state index in [1.54, 1.807) is 22.8 Å². The molecule has 1 aliphatic heterocycles. The Labute approximate surface area is 166 Å². The van der Waals surface area contributed by atoms with Crippen molar-refractivity contribution < 1.29 is 12.8 Å². The molecule has 0 spiro atoms. The molecule has 0 N–H and O–H groups in total. The Morgan fingerprint density at radius 2 is 1.75 bits per heavy atom. The highest BCUT2D eigenvalue weighted by Gasteiger charge is 2.30. The number of hydrogen-bond acceptors (Lipinski definition) is 4. The number of halogens is 2. The summed E-state index contributed by atoms with van der Waals surface area (Å²) in [6.07, 6.45) is 2.44. The molecule has 1 fully saturated rings. The topological polar surface area (TPSA) is 72.3 Å². The summed E-state index contributed by atoms with van der Waals surface area (Å²) in [5, 5.41) is 0.860. The summed E-state index contributed by atoms with van der Waals surface area (Å²) in [6.45, 7) is 0.537. The molecule has 0 amide bonds. The number of nitrogens with zero attached hydrogens (tertiary/aromatic N) is 3. The molecule has 0 atom stereocenters. The molecule has 0 radical (unpaired) electrons. The molecule has 0 bridgehead atoms. The largest absolute Gasteiger partial charge is 0.296 e. The number of benzene rings is 2. The minimum Gasteiger partial charge on any atom is -0.296 e. The average Bonchev–Trinajstić information content (AvgIpc) is 2.69. The van der Waals surface area contributed by atoms with Crippen LogP contribution in [-0.4, -0.2) is 35.4 Å². The van der Waals surface area contributed by atoms with Gasteiger partial charge in [-0.15, -0.1) is 0 Å². The van der Waals surface area contributed by atoms with Gasteiger partial charge >= 0.3 is 0 Å². The van der Waals surface area contributed by atoms with Crippen LogP contribution in [-0.2, 0) is 10.0 Å². The van der Waals surface area contributed by atoms with Crippen molar-refractivity contribution in [3.63, 3.8) is 0 Å². The summed E-state index contributed by atoms with van der Waals surface area (Å²) < 4.78 is 41.5. The van der Waals surface area contributed by atoms with Gasteiger partial charge in [0, 0.05) is 19.1 Å². The van der Waals surface area contributed by atoms with E-state index in [2.05, 4.69) is 4.98 Å². The van der Waals surface area contributed by atoms with Crippen molar-refractivity contribution in [2.24, 2.45) is 0 Å². The van der Waals surface area contributed by atoms with Gasteiger partial charge < -0.3 is 0 Å². The van der Waals surface area contributed by atoms with E-state index < -0.39 is 15.8 Å². The van der Waals surface area contributed by atoms with Gasteiger partial charge in [-0.2, -0.15) is 4.31 Å². The Morgan fingerprint density at radius 3 is 2.43 bits per heavy atom. The molecule has 0 aliphatic carbocycles. The van der Waals surface area contributed by atoms with Crippen molar-refractivity contribution in [1.82, 2.24) is 13.9 Å². The number of rotatable bonds is 3. The molecule has 2 heterocycles. The second kappa shape index (κ2) is 7.27. The Morgan fingerprint density at radius 1 is 1.07 bits per heavy atom. The molecule has 28 heavy (non-hydrogen) atoms. The van der Waals surface area contributed by atoms with Crippen molar-refractivity contribution in [1.29, 1.82) is 0 Å². The average molecular weight is 422 g/mol. The fourth-order valence-corrected chi connectivity index (χ4v) is 5.20. The lowest BCUT2D eigenvalue weighted by molar-refractivity contribution is 0.269. The van der Waals surface area contributed by atoms with Gasteiger partial charge in [0.1, 0.15) is 5.82 Å². The van der Waals surface area contributed by atoms with Crippen LogP contribution in [0.2, 0.25) is 5.02 Å². The third-order valence-electron chi connectivity index (χ3n) is 5.03. The molecular formula is C19H17ClFN3O3S. The first-order valence-corrected chi connectivity index (χ1v) is 10.6. The predicted octanol–water partition coefficient (Wildman–Crippen LogP) is 3.21. The summed E-state index contributed by atoms with van der Waals surface area (Å²) in [5.41, 5.74) is 0.272. The highest BCUT2D eigenvalue weighted by molar-refractivity contribution is 7.89. The lowest BCUT2D eigenvalue weighted by atomic mass is 10.1. The molecule has 4 rings (SSSR count). The van der Waals surface area contributed by atoms with Gasteiger partial charge in [-0.25, -0.2) is 17.8 Å². The number of aromatic nitrogens is 2. The SMILES string of the molecule is O=c1c2cccc(Cl)c2ncn1C1CCN(S(=O)(=O)c2ccc(F)cc2)CC1. The normalized spacial score (nSPS) is 16.5. The smallest absolute Gasteiger partial charge is 0.261 e. The van der Waals surface area contributed by atoms with Crippen LogP contribution in [0.5, 0.6) is 0 Å². The highest BCUT2D eigenvalue weighted by Crippen LogP contribution is 2.27. The zero-order chi connectivity index (χ0) is 19.9. The van der Waals surface area contributed by atoms with Crippen LogP contribution in [0.3, 0.4) is 0 Å². The van der Waals surface area contributed by atoms with E-state index in [1.807, 2.05) is 0 Å². The minimum atomic E-state index is -3.69. The summed E-state index contributed by atoms with van der Waals surface area (Å²) in [5.74, 6) is -0.485. The Hall–Kier alpha value is -2.29. The molecule has 146 valence electrons. The predicted molar refractivity (Wildman–Crippen MR) is 104 cm³/mol. The van der Waals surface area contributed by atoms with Gasteiger partial charge in [0.25, 0.3) is 5.56 Å². The molecule has 1 aromatic heterocycles. The third-order valence-corrected chi connectivity index (χ3v) is 7.25. The van der Waals surface area contributed by atoms with Crippen molar-refractivity contribution in [3.8, 4) is 0 Å². The first-order chi connectivity index (χ1) is 13.4. The first-order valence-electron chi connectivity index (χ1n) is 8.79. The molecular weight excluding hydrogens is 405 g/mol. The van der Waals surface area contributed by atoms with E-state index in [1.165, 1.54) is 22.8 Å². The van der Waals surface area contributed by atoms with Crippen LogP contribution in [0.1, 0.15) is 18.9 Å². The molecule has 0 saturated carbocycles. The quantitative estimate of drug-likeness (QED) is 0.651. The van der Waals surface area contributed by atoms with E-state index in [9.17, 15) is 17.6 Å². The van der Waals surface area contributed by atoms with E-state index in [4.69, 9.17) is 11.6 Å². The third kappa shape index (κ3) is 3.32. The highest BCUT2D eigenvalue weighted by atomic mass is 35.5. The van der Waals surface area contributed by atoms with Crippen LogP contribution in [0.15, 0.2) is 58.5 Å². The van der Waals surface area contributed by atoms with Crippen LogP contribution in [0.4, 0.5) is 4.39 Å². The second-order valence-electron chi connectivity index (χ2n) is 6.68. The summed E-state index contributed by atoms with van der Waals surface area (Å²) in [4.78, 5) is 17.2. The van der Waals surface area contributed by atoms with Crippen molar-refractivity contribution in [2.45, 2.75) is 23.8 Å². The van der Waals surface area contributed by atoms with Crippen LogP contribution in [0.25, 0.3) is 10.9 Å². The van der Waals surface area contributed by atoms with E-state index >= 15 is 0 Å². The Kier molecular flexibility index (Phi) is 4.95. The number of fused-ring (bicyclic) bond motifs is 1. The zero-order valence-electron chi connectivity index (χ0n) is 14.8. The molecule has 2 aromatic carbocycles. The van der Waals surface area contributed by atoms with Crippen molar-refractivity contribution >= 4 is 32.5 Å². The number of piperidine rings is 1. The summed E-state index contributed by atoms with van der Waals surface area (Å²) in [6, 6.07) is 9.70. The number of sulfonamides is 1. The van der Waals surface area contributed by atoms with Gasteiger partial charge in [0.05, 0.1) is 27.1 Å². The van der Waals surface area contributed by atoms with Crippen molar-refractivity contribution in [3.05, 3.63) is 70.0 Å². The molecule has 1 saturated heterocycles. The standard InChI is InChI=1S/C19H17ClFN3O3S/c20-17-3-1-2-16-18(17)22-12-24(19(16)25)14-8-10-23(11-9-14)28(26,27)15-6-4-13(21)5-7-15/h1-7,12,14H,8-11H2. The zero-order valence-corrected chi connectivity index (χ0v) is 16.3. The lowest BCUT2D eigenvalue weighted by Gasteiger charge is -2.32. The van der Waals surface area contributed by atoms with Crippen molar-refractivity contribution in [2.75, 3.05) is 13.1 Å². The monoisotopic (exact) mass is 421 g/mol. The van der Waals surface area contributed by atoms with E-state index in [0.29, 0.717) is 28.8 Å². The lowest BCUT2D eigenvalue weighted by Crippen LogP contribution is -2.40. The molecule has 3 aromatic rings. The Balaban J connectivity index is 1.56. The maximum atomic E-state index is 13.1. The van der Waals surface area contributed by atoms with E-state index in [-0.39, 0.29) is 29.6 Å². The minimum absolute atomic E-state index is 0.0616.